The lowest BCUT2D eigenvalue weighted by molar-refractivity contribution is 0.0590. The number of aromatic nitrogens is 1. The average molecular weight is 212 g/mol. The number of ether oxygens (including phenoxy) is 1. The molecule has 5 heteroatoms. The van der Waals surface area contributed by atoms with Gasteiger partial charge < -0.3 is 20.1 Å². The second-order valence-electron chi connectivity index (χ2n) is 3.38. The fourth-order valence-corrected chi connectivity index (χ4v) is 1.41. The van der Waals surface area contributed by atoms with Gasteiger partial charge in [-0.3, -0.25) is 0 Å². The maximum atomic E-state index is 11.3. The summed E-state index contributed by atoms with van der Waals surface area (Å²) in [5.41, 5.74) is 7.09. The molecule has 1 heterocycles. The van der Waals surface area contributed by atoms with Crippen LogP contribution in [0.15, 0.2) is 12.3 Å². The molecule has 0 saturated carbocycles. The Morgan fingerprint density at radius 3 is 2.93 bits per heavy atom. The Kier molecular flexibility index (Phi) is 3.88. The Morgan fingerprint density at radius 2 is 2.40 bits per heavy atom. The Balaban J connectivity index is 2.90. The van der Waals surface area contributed by atoms with E-state index in [1.54, 1.807) is 23.9 Å². The van der Waals surface area contributed by atoms with Gasteiger partial charge in [-0.1, -0.05) is 0 Å². The fourth-order valence-electron chi connectivity index (χ4n) is 1.41. The smallest absolute Gasteiger partial charge is 0.354 e. The molecule has 0 aliphatic carbocycles. The first-order valence-electron chi connectivity index (χ1n) is 4.71. The third kappa shape index (κ3) is 2.57. The van der Waals surface area contributed by atoms with Crippen molar-refractivity contribution in [3.05, 3.63) is 23.5 Å². The highest BCUT2D eigenvalue weighted by molar-refractivity contribution is 5.87. The van der Waals surface area contributed by atoms with Crippen molar-refractivity contribution in [3.8, 4) is 0 Å². The summed E-state index contributed by atoms with van der Waals surface area (Å²) >= 11 is 0. The summed E-state index contributed by atoms with van der Waals surface area (Å²) in [6.07, 6.45) is 2.25. The van der Waals surface area contributed by atoms with Gasteiger partial charge in [-0.25, -0.2) is 4.79 Å². The standard InChI is InChI=1S/C10H16N2O3/c1-12-6-7(8(11)3-4-13)5-9(12)10(14)15-2/h5-6,8,13H,3-4,11H2,1-2H3. The van der Waals surface area contributed by atoms with Crippen LogP contribution in [0.1, 0.15) is 28.5 Å². The Labute approximate surface area is 88.4 Å². The van der Waals surface area contributed by atoms with Crippen molar-refractivity contribution in [2.24, 2.45) is 12.8 Å². The predicted octanol–water partition coefficient (Wildman–Crippen LogP) is 0.194. The summed E-state index contributed by atoms with van der Waals surface area (Å²) in [6, 6.07) is 1.44. The second-order valence-corrected chi connectivity index (χ2v) is 3.38. The lowest BCUT2D eigenvalue weighted by Gasteiger charge is -2.05. The van der Waals surface area contributed by atoms with E-state index in [-0.39, 0.29) is 18.6 Å². The predicted molar refractivity (Wildman–Crippen MR) is 55.4 cm³/mol. The third-order valence-electron chi connectivity index (χ3n) is 2.29. The van der Waals surface area contributed by atoms with Crippen LogP contribution in [0.3, 0.4) is 0 Å². The van der Waals surface area contributed by atoms with Gasteiger partial charge in [0.2, 0.25) is 0 Å². The van der Waals surface area contributed by atoms with Gasteiger partial charge in [-0.05, 0) is 18.1 Å². The van der Waals surface area contributed by atoms with Crippen LogP contribution in [-0.4, -0.2) is 29.4 Å². The van der Waals surface area contributed by atoms with Crippen LogP contribution in [0.4, 0.5) is 0 Å². The molecule has 1 aromatic heterocycles. The van der Waals surface area contributed by atoms with E-state index in [9.17, 15) is 4.79 Å². The van der Waals surface area contributed by atoms with E-state index in [1.165, 1.54) is 7.11 Å². The molecule has 0 radical (unpaired) electrons. The first kappa shape index (κ1) is 11.7. The molecule has 0 spiro atoms. The highest BCUT2D eigenvalue weighted by atomic mass is 16.5. The number of aryl methyl sites for hydroxylation is 1. The fraction of sp³-hybridized carbons (Fsp3) is 0.500. The Hall–Kier alpha value is -1.33. The van der Waals surface area contributed by atoms with Crippen molar-refractivity contribution in [3.63, 3.8) is 0 Å². The molecular formula is C10H16N2O3. The first-order chi connectivity index (χ1) is 7.10. The summed E-state index contributed by atoms with van der Waals surface area (Å²) < 4.78 is 6.29. The number of esters is 1. The van der Waals surface area contributed by atoms with Crippen LogP contribution in [-0.2, 0) is 11.8 Å². The molecule has 1 atom stereocenters. The zero-order valence-electron chi connectivity index (χ0n) is 8.93. The van der Waals surface area contributed by atoms with Crippen molar-refractivity contribution in [2.45, 2.75) is 12.5 Å². The van der Waals surface area contributed by atoms with E-state index in [1.807, 2.05) is 0 Å². The summed E-state index contributed by atoms with van der Waals surface area (Å²) in [5, 5.41) is 8.75. The van der Waals surface area contributed by atoms with Crippen molar-refractivity contribution in [1.29, 1.82) is 0 Å². The number of methoxy groups -OCH3 is 1. The minimum absolute atomic E-state index is 0.0314. The topological polar surface area (TPSA) is 77.5 Å². The van der Waals surface area contributed by atoms with Gasteiger partial charge in [0.15, 0.2) is 0 Å². The number of hydrogen-bond acceptors (Lipinski definition) is 4. The van der Waals surface area contributed by atoms with Gasteiger partial charge in [0.1, 0.15) is 5.69 Å². The molecule has 15 heavy (non-hydrogen) atoms. The zero-order chi connectivity index (χ0) is 11.4. The van der Waals surface area contributed by atoms with E-state index >= 15 is 0 Å². The van der Waals surface area contributed by atoms with Gasteiger partial charge in [-0.15, -0.1) is 0 Å². The molecule has 0 saturated heterocycles. The second kappa shape index (κ2) is 4.95. The number of aliphatic hydroxyl groups excluding tert-OH is 1. The third-order valence-corrected chi connectivity index (χ3v) is 2.29. The minimum atomic E-state index is -0.389. The number of nitrogens with zero attached hydrogens (tertiary/aromatic N) is 1. The molecule has 1 aromatic rings. The molecular weight excluding hydrogens is 196 g/mol. The lowest BCUT2D eigenvalue weighted by Crippen LogP contribution is -2.11. The first-order valence-corrected chi connectivity index (χ1v) is 4.71. The van der Waals surface area contributed by atoms with Crippen molar-refractivity contribution >= 4 is 5.97 Å². The van der Waals surface area contributed by atoms with E-state index in [4.69, 9.17) is 10.8 Å². The minimum Gasteiger partial charge on any atom is -0.464 e. The lowest BCUT2D eigenvalue weighted by atomic mass is 10.1. The SMILES string of the molecule is COC(=O)c1cc(C(N)CCO)cn1C. The molecule has 0 bridgehead atoms. The van der Waals surface area contributed by atoms with Gasteiger partial charge in [0, 0.05) is 25.9 Å². The van der Waals surface area contributed by atoms with Crippen LogP contribution >= 0.6 is 0 Å². The molecule has 0 aliphatic rings. The summed E-state index contributed by atoms with van der Waals surface area (Å²) in [5.74, 6) is -0.389. The normalized spacial score (nSPS) is 12.5. The maximum Gasteiger partial charge on any atom is 0.354 e. The number of hydrogen-bond donors (Lipinski definition) is 2. The number of aliphatic hydroxyl groups is 1. The van der Waals surface area contributed by atoms with E-state index in [0.29, 0.717) is 12.1 Å². The number of rotatable bonds is 4. The maximum absolute atomic E-state index is 11.3. The summed E-state index contributed by atoms with van der Waals surface area (Å²) in [7, 11) is 3.09. The van der Waals surface area contributed by atoms with Gasteiger partial charge in [0.25, 0.3) is 0 Å². The highest BCUT2D eigenvalue weighted by Crippen LogP contribution is 2.17. The van der Waals surface area contributed by atoms with E-state index in [0.717, 1.165) is 5.56 Å². The van der Waals surface area contributed by atoms with Gasteiger partial charge in [-0.2, -0.15) is 0 Å². The van der Waals surface area contributed by atoms with Crippen LogP contribution < -0.4 is 5.73 Å². The van der Waals surface area contributed by atoms with E-state index in [2.05, 4.69) is 4.74 Å². The van der Waals surface area contributed by atoms with Crippen molar-refractivity contribution in [1.82, 2.24) is 4.57 Å². The highest BCUT2D eigenvalue weighted by Gasteiger charge is 2.15. The zero-order valence-corrected chi connectivity index (χ0v) is 8.93. The number of carbonyl (C=O) groups excluding carboxylic acids is 1. The van der Waals surface area contributed by atoms with Crippen molar-refractivity contribution in [2.75, 3.05) is 13.7 Å². The molecule has 3 N–H and O–H groups in total. The molecule has 1 rings (SSSR count). The molecule has 0 aromatic carbocycles. The van der Waals surface area contributed by atoms with Crippen LogP contribution in [0.25, 0.3) is 0 Å². The van der Waals surface area contributed by atoms with Crippen molar-refractivity contribution < 1.29 is 14.6 Å². The van der Waals surface area contributed by atoms with Crippen LogP contribution in [0, 0.1) is 0 Å². The largest absolute Gasteiger partial charge is 0.464 e. The monoisotopic (exact) mass is 212 g/mol. The Bertz CT molecular complexity index is 346. The number of nitrogens with two attached hydrogens (primary N) is 1. The molecule has 0 amide bonds. The number of carbonyl (C=O) groups is 1. The average Bonchev–Trinajstić information content (AvgIpc) is 2.60. The van der Waals surface area contributed by atoms with Crippen LogP contribution in [0.2, 0.25) is 0 Å². The quantitative estimate of drug-likeness (QED) is 0.699. The molecule has 5 nitrogen and oxygen atoms in total. The molecule has 0 fully saturated rings. The van der Waals surface area contributed by atoms with Crippen LogP contribution in [0.5, 0.6) is 0 Å². The molecule has 84 valence electrons. The molecule has 1 unspecified atom stereocenters. The van der Waals surface area contributed by atoms with Gasteiger partial charge in [0.05, 0.1) is 7.11 Å². The van der Waals surface area contributed by atoms with Gasteiger partial charge >= 0.3 is 5.97 Å². The molecule has 0 aliphatic heterocycles. The van der Waals surface area contributed by atoms with E-state index < -0.39 is 0 Å². The Morgan fingerprint density at radius 1 is 1.73 bits per heavy atom. The summed E-state index contributed by atoms with van der Waals surface area (Å²) in [4.78, 5) is 11.3. The summed E-state index contributed by atoms with van der Waals surface area (Å²) in [6.45, 7) is 0.0314.